The molecule has 3 aliphatic rings. The lowest BCUT2D eigenvalue weighted by Crippen LogP contribution is -2.42. The highest BCUT2D eigenvalue weighted by atomic mass is 16.5. The summed E-state index contributed by atoms with van der Waals surface area (Å²) in [5.41, 5.74) is 5.44. The van der Waals surface area contributed by atoms with Crippen LogP contribution in [-0.2, 0) is 17.6 Å². The SMILES string of the molecule is CCc1cnc(N2CCC(C3Cc4cc(-c5ccc(C(=O)N(C)C6CCCOC6)cc5)ccc4O3)CC2)nc1. The van der Waals surface area contributed by atoms with Crippen LogP contribution in [0.5, 0.6) is 5.75 Å². The molecule has 2 aromatic carbocycles. The zero-order valence-electron chi connectivity index (χ0n) is 23.0. The number of anilines is 1. The number of aryl methyl sites for hydroxylation is 1. The number of ether oxygens (including phenoxy) is 2. The standard InChI is InChI=1S/C32H38N4O3/c1-3-22-19-33-32(34-20-22)36-14-12-24(13-15-36)30-18-27-17-26(10-11-29(27)39-30)23-6-8-25(9-7-23)31(37)35(2)28-5-4-16-38-21-28/h6-11,17,19-20,24,28,30H,3-5,12-16,18,21H2,1-2H3. The van der Waals surface area contributed by atoms with E-state index in [4.69, 9.17) is 9.47 Å². The quantitative estimate of drug-likeness (QED) is 0.441. The van der Waals surface area contributed by atoms with Gasteiger partial charge >= 0.3 is 0 Å². The van der Waals surface area contributed by atoms with Crippen LogP contribution >= 0.6 is 0 Å². The highest BCUT2D eigenvalue weighted by molar-refractivity contribution is 5.94. The van der Waals surface area contributed by atoms with Gasteiger partial charge in [0.15, 0.2) is 0 Å². The zero-order valence-corrected chi connectivity index (χ0v) is 23.0. The Morgan fingerprint density at radius 2 is 1.77 bits per heavy atom. The van der Waals surface area contributed by atoms with Gasteiger partial charge in [0.1, 0.15) is 11.9 Å². The molecule has 7 heteroatoms. The van der Waals surface area contributed by atoms with Gasteiger partial charge in [-0.1, -0.05) is 25.1 Å². The second-order valence-electron chi connectivity index (χ2n) is 11.1. The molecule has 204 valence electrons. The van der Waals surface area contributed by atoms with E-state index in [0.717, 1.165) is 86.6 Å². The molecule has 1 aromatic heterocycles. The molecule has 2 unspecified atom stereocenters. The number of hydrogen-bond donors (Lipinski definition) is 0. The zero-order chi connectivity index (χ0) is 26.8. The number of amides is 1. The van der Waals surface area contributed by atoms with E-state index >= 15 is 0 Å². The second kappa shape index (κ2) is 11.3. The van der Waals surface area contributed by atoms with E-state index in [0.29, 0.717) is 12.5 Å². The highest BCUT2D eigenvalue weighted by Gasteiger charge is 2.33. The lowest BCUT2D eigenvalue weighted by atomic mass is 9.88. The maximum absolute atomic E-state index is 13.0. The third kappa shape index (κ3) is 5.50. The molecule has 2 fully saturated rings. The molecule has 2 saturated heterocycles. The number of aromatic nitrogens is 2. The summed E-state index contributed by atoms with van der Waals surface area (Å²) in [6.45, 7) is 5.47. The molecular weight excluding hydrogens is 488 g/mol. The minimum atomic E-state index is 0.0535. The molecule has 7 nitrogen and oxygen atoms in total. The summed E-state index contributed by atoms with van der Waals surface area (Å²) >= 11 is 0. The normalized spacial score (nSPS) is 21.3. The summed E-state index contributed by atoms with van der Waals surface area (Å²) in [5.74, 6) is 2.43. The third-order valence-electron chi connectivity index (χ3n) is 8.68. The maximum atomic E-state index is 13.0. The van der Waals surface area contributed by atoms with Gasteiger partial charge in [-0.15, -0.1) is 0 Å². The van der Waals surface area contributed by atoms with Gasteiger partial charge in [0.05, 0.1) is 12.6 Å². The molecule has 4 heterocycles. The topological polar surface area (TPSA) is 67.8 Å². The molecule has 0 N–H and O–H groups in total. The predicted molar refractivity (Wildman–Crippen MR) is 152 cm³/mol. The molecule has 3 aromatic rings. The molecule has 39 heavy (non-hydrogen) atoms. The molecule has 0 aliphatic carbocycles. The number of carbonyl (C=O) groups excluding carboxylic acids is 1. The number of likely N-dealkylation sites (N-methyl/N-ethyl adjacent to an activating group) is 1. The third-order valence-corrected chi connectivity index (χ3v) is 8.68. The Hall–Kier alpha value is -3.45. The summed E-state index contributed by atoms with van der Waals surface area (Å²) in [5, 5.41) is 0. The fraction of sp³-hybridized carbons (Fsp3) is 0.469. The molecule has 0 spiro atoms. The van der Waals surface area contributed by atoms with Crippen molar-refractivity contribution in [1.29, 1.82) is 0 Å². The van der Waals surface area contributed by atoms with Gasteiger partial charge in [-0.05, 0) is 84.5 Å². The Morgan fingerprint density at radius 1 is 1.03 bits per heavy atom. The van der Waals surface area contributed by atoms with Crippen LogP contribution in [0, 0.1) is 5.92 Å². The van der Waals surface area contributed by atoms with Crippen molar-refractivity contribution in [3.8, 4) is 16.9 Å². The van der Waals surface area contributed by atoms with Crippen molar-refractivity contribution in [2.75, 3.05) is 38.3 Å². The largest absolute Gasteiger partial charge is 0.490 e. The number of nitrogens with zero attached hydrogens (tertiary/aromatic N) is 4. The molecule has 2 atom stereocenters. The van der Waals surface area contributed by atoms with E-state index in [2.05, 4.69) is 52.1 Å². The summed E-state index contributed by atoms with van der Waals surface area (Å²) < 4.78 is 12.0. The van der Waals surface area contributed by atoms with Crippen molar-refractivity contribution in [1.82, 2.24) is 14.9 Å². The summed E-state index contributed by atoms with van der Waals surface area (Å²) in [7, 11) is 1.88. The minimum absolute atomic E-state index is 0.0535. The molecule has 6 rings (SSSR count). The van der Waals surface area contributed by atoms with Crippen LogP contribution in [0.25, 0.3) is 11.1 Å². The highest BCUT2D eigenvalue weighted by Crippen LogP contribution is 2.38. The first-order chi connectivity index (χ1) is 19.1. The van der Waals surface area contributed by atoms with E-state index in [-0.39, 0.29) is 18.1 Å². The summed E-state index contributed by atoms with van der Waals surface area (Å²) in [6.07, 6.45) is 10.2. The van der Waals surface area contributed by atoms with Crippen molar-refractivity contribution in [2.24, 2.45) is 5.92 Å². The molecule has 0 radical (unpaired) electrons. The molecule has 0 saturated carbocycles. The van der Waals surface area contributed by atoms with Gasteiger partial charge in [-0.2, -0.15) is 0 Å². The summed E-state index contributed by atoms with van der Waals surface area (Å²) in [4.78, 5) is 26.3. The average molecular weight is 527 g/mol. The molecule has 0 bridgehead atoms. The minimum Gasteiger partial charge on any atom is -0.490 e. The smallest absolute Gasteiger partial charge is 0.253 e. The van der Waals surface area contributed by atoms with Crippen LogP contribution < -0.4 is 9.64 Å². The maximum Gasteiger partial charge on any atom is 0.253 e. The van der Waals surface area contributed by atoms with Crippen LogP contribution in [0.4, 0.5) is 5.95 Å². The van der Waals surface area contributed by atoms with Crippen LogP contribution in [-0.4, -0.2) is 66.3 Å². The van der Waals surface area contributed by atoms with Gasteiger partial charge in [-0.3, -0.25) is 4.79 Å². The van der Waals surface area contributed by atoms with E-state index in [1.165, 1.54) is 11.1 Å². The number of benzene rings is 2. The van der Waals surface area contributed by atoms with Crippen molar-refractivity contribution in [3.63, 3.8) is 0 Å². The number of rotatable bonds is 6. The van der Waals surface area contributed by atoms with Crippen LogP contribution in [0.15, 0.2) is 54.9 Å². The van der Waals surface area contributed by atoms with Gasteiger partial charge in [-0.25, -0.2) is 9.97 Å². The molecular formula is C32H38N4O3. The molecule has 1 amide bonds. The number of hydrogen-bond acceptors (Lipinski definition) is 6. The van der Waals surface area contributed by atoms with Crippen molar-refractivity contribution in [2.45, 2.75) is 57.6 Å². The van der Waals surface area contributed by atoms with Gasteiger partial charge in [0, 0.05) is 51.1 Å². The van der Waals surface area contributed by atoms with Crippen molar-refractivity contribution < 1.29 is 14.3 Å². The summed E-state index contributed by atoms with van der Waals surface area (Å²) in [6, 6.07) is 14.6. The lowest BCUT2D eigenvalue weighted by molar-refractivity contribution is 0.0244. The monoisotopic (exact) mass is 526 g/mol. The van der Waals surface area contributed by atoms with Crippen molar-refractivity contribution in [3.05, 3.63) is 71.5 Å². The number of piperidine rings is 1. The van der Waals surface area contributed by atoms with Crippen LogP contribution in [0.2, 0.25) is 0 Å². The van der Waals surface area contributed by atoms with E-state index in [1.54, 1.807) is 0 Å². The van der Waals surface area contributed by atoms with Gasteiger partial charge < -0.3 is 19.3 Å². The first kappa shape index (κ1) is 25.8. The van der Waals surface area contributed by atoms with E-state index < -0.39 is 0 Å². The van der Waals surface area contributed by atoms with E-state index in [9.17, 15) is 4.79 Å². The predicted octanol–water partition coefficient (Wildman–Crippen LogP) is 5.18. The van der Waals surface area contributed by atoms with Crippen molar-refractivity contribution >= 4 is 11.9 Å². The molecule has 3 aliphatic heterocycles. The first-order valence-corrected chi connectivity index (χ1v) is 14.4. The number of fused-ring (bicyclic) bond motifs is 1. The Balaban J connectivity index is 1.06. The second-order valence-corrected chi connectivity index (χ2v) is 11.1. The fourth-order valence-electron chi connectivity index (χ4n) is 6.09. The first-order valence-electron chi connectivity index (χ1n) is 14.4. The Kier molecular flexibility index (Phi) is 7.51. The van der Waals surface area contributed by atoms with Gasteiger partial charge in [0.2, 0.25) is 5.95 Å². The lowest BCUT2D eigenvalue weighted by Gasteiger charge is -2.34. The van der Waals surface area contributed by atoms with Crippen LogP contribution in [0.3, 0.4) is 0 Å². The average Bonchev–Trinajstić information content (AvgIpc) is 3.45. The number of carbonyl (C=O) groups is 1. The Morgan fingerprint density at radius 3 is 2.46 bits per heavy atom. The van der Waals surface area contributed by atoms with E-state index in [1.807, 2.05) is 36.5 Å². The Labute approximate surface area is 231 Å². The Bertz CT molecular complexity index is 1280. The fourth-order valence-corrected chi connectivity index (χ4v) is 6.09. The van der Waals surface area contributed by atoms with Crippen LogP contribution in [0.1, 0.15) is 54.1 Å². The van der Waals surface area contributed by atoms with Gasteiger partial charge in [0.25, 0.3) is 5.91 Å².